The van der Waals surface area contributed by atoms with Crippen LogP contribution < -0.4 is 4.74 Å². The first kappa shape index (κ1) is 14.7. The van der Waals surface area contributed by atoms with Gasteiger partial charge in [0.15, 0.2) is 0 Å². The summed E-state index contributed by atoms with van der Waals surface area (Å²) in [5.41, 5.74) is 2.44. The van der Waals surface area contributed by atoms with E-state index in [1.165, 1.54) is 34.4 Å². The number of fused-ring (bicyclic) bond motifs is 1. The molecule has 0 radical (unpaired) electrons. The smallest absolute Gasteiger partial charge is 0.214 e. The van der Waals surface area contributed by atoms with Gasteiger partial charge in [0.2, 0.25) is 5.88 Å². The van der Waals surface area contributed by atoms with Crippen LogP contribution in [0.15, 0.2) is 29.2 Å². The van der Waals surface area contributed by atoms with Crippen molar-refractivity contribution in [2.75, 3.05) is 12.4 Å². The fourth-order valence-electron chi connectivity index (χ4n) is 2.53. The molecule has 0 atom stereocenters. The summed E-state index contributed by atoms with van der Waals surface area (Å²) in [6, 6.07) is 8.65. The third-order valence-corrected chi connectivity index (χ3v) is 5.18. The summed E-state index contributed by atoms with van der Waals surface area (Å²) in [6.45, 7) is 7.13. The molecule has 3 rings (SSSR count). The van der Waals surface area contributed by atoms with Gasteiger partial charge in [0, 0.05) is 22.1 Å². The van der Waals surface area contributed by atoms with Crippen LogP contribution in [0.1, 0.15) is 45.1 Å². The molecule has 1 heterocycles. The van der Waals surface area contributed by atoms with Crippen molar-refractivity contribution in [1.29, 1.82) is 0 Å². The SMILES string of the molecule is CCOc1cc(C(C)C)c2cccc(SCC3CC3)c2n1. The molecule has 3 heteroatoms. The molecular formula is C18H23NOS. The van der Waals surface area contributed by atoms with E-state index < -0.39 is 0 Å². The molecule has 1 aromatic heterocycles. The molecule has 112 valence electrons. The van der Waals surface area contributed by atoms with E-state index in [9.17, 15) is 0 Å². The van der Waals surface area contributed by atoms with Crippen molar-refractivity contribution < 1.29 is 4.74 Å². The van der Waals surface area contributed by atoms with Crippen LogP contribution in [-0.2, 0) is 0 Å². The highest BCUT2D eigenvalue weighted by Gasteiger charge is 2.22. The van der Waals surface area contributed by atoms with Crippen LogP contribution >= 0.6 is 11.8 Å². The molecule has 21 heavy (non-hydrogen) atoms. The van der Waals surface area contributed by atoms with Gasteiger partial charge >= 0.3 is 0 Å². The number of hydrogen-bond donors (Lipinski definition) is 0. The topological polar surface area (TPSA) is 22.1 Å². The van der Waals surface area contributed by atoms with Crippen molar-refractivity contribution >= 4 is 22.7 Å². The third kappa shape index (κ3) is 3.34. The van der Waals surface area contributed by atoms with Crippen molar-refractivity contribution in [1.82, 2.24) is 4.98 Å². The maximum atomic E-state index is 5.68. The Labute approximate surface area is 131 Å². The molecule has 0 N–H and O–H groups in total. The van der Waals surface area contributed by atoms with Crippen LogP contribution in [0.4, 0.5) is 0 Å². The van der Waals surface area contributed by atoms with Crippen LogP contribution in [0.2, 0.25) is 0 Å². The van der Waals surface area contributed by atoms with Crippen molar-refractivity contribution in [2.24, 2.45) is 5.92 Å². The van der Waals surface area contributed by atoms with Gasteiger partial charge in [-0.25, -0.2) is 4.98 Å². The number of hydrogen-bond acceptors (Lipinski definition) is 3. The lowest BCUT2D eigenvalue weighted by atomic mass is 9.99. The Balaban J connectivity index is 2.05. The molecule has 0 amide bonds. The lowest BCUT2D eigenvalue weighted by Crippen LogP contribution is -1.99. The van der Waals surface area contributed by atoms with Gasteiger partial charge in [-0.2, -0.15) is 0 Å². The Morgan fingerprint density at radius 1 is 1.33 bits per heavy atom. The van der Waals surface area contributed by atoms with E-state index in [1.807, 2.05) is 18.7 Å². The molecule has 2 nitrogen and oxygen atoms in total. The fraction of sp³-hybridized carbons (Fsp3) is 0.500. The van der Waals surface area contributed by atoms with E-state index in [4.69, 9.17) is 9.72 Å². The number of nitrogens with zero attached hydrogens (tertiary/aromatic N) is 1. The zero-order valence-corrected chi connectivity index (χ0v) is 13.9. The molecule has 0 saturated heterocycles. The molecule has 1 fully saturated rings. The Morgan fingerprint density at radius 3 is 2.81 bits per heavy atom. The van der Waals surface area contributed by atoms with Crippen molar-refractivity contribution in [3.63, 3.8) is 0 Å². The van der Waals surface area contributed by atoms with Crippen molar-refractivity contribution in [3.8, 4) is 5.88 Å². The molecule has 1 aromatic carbocycles. The second kappa shape index (κ2) is 6.27. The van der Waals surface area contributed by atoms with Gasteiger partial charge in [0.25, 0.3) is 0 Å². The predicted molar refractivity (Wildman–Crippen MR) is 90.4 cm³/mol. The average Bonchev–Trinajstić information content (AvgIpc) is 3.28. The highest BCUT2D eigenvalue weighted by Crippen LogP contribution is 2.38. The molecule has 0 bridgehead atoms. The van der Waals surface area contributed by atoms with Gasteiger partial charge in [-0.15, -0.1) is 11.8 Å². The number of rotatable bonds is 6. The summed E-state index contributed by atoms with van der Waals surface area (Å²) in [5.74, 6) is 3.37. The Hall–Kier alpha value is -1.22. The number of thioether (sulfide) groups is 1. The average molecular weight is 301 g/mol. The van der Waals surface area contributed by atoms with E-state index in [0.717, 1.165) is 17.3 Å². The van der Waals surface area contributed by atoms with Crippen molar-refractivity contribution in [3.05, 3.63) is 29.8 Å². The normalized spacial score (nSPS) is 14.9. The van der Waals surface area contributed by atoms with E-state index >= 15 is 0 Å². The third-order valence-electron chi connectivity index (χ3n) is 3.90. The molecular weight excluding hydrogens is 278 g/mol. The van der Waals surface area contributed by atoms with Gasteiger partial charge < -0.3 is 4.74 Å². The zero-order valence-electron chi connectivity index (χ0n) is 13.1. The van der Waals surface area contributed by atoms with Crippen molar-refractivity contribution in [2.45, 2.75) is 44.4 Å². The minimum atomic E-state index is 0.471. The highest BCUT2D eigenvalue weighted by molar-refractivity contribution is 7.99. The predicted octanol–water partition coefficient (Wildman–Crippen LogP) is 5.26. The molecule has 1 saturated carbocycles. The fourth-order valence-corrected chi connectivity index (χ4v) is 3.75. The summed E-state index contributed by atoms with van der Waals surface area (Å²) >= 11 is 1.95. The second-order valence-electron chi connectivity index (χ2n) is 6.04. The summed E-state index contributed by atoms with van der Waals surface area (Å²) in [7, 11) is 0. The van der Waals surface area contributed by atoms with Crippen LogP contribution in [0.5, 0.6) is 5.88 Å². The Bertz CT molecular complexity index is 634. The quantitative estimate of drug-likeness (QED) is 0.679. The molecule has 1 aliphatic carbocycles. The minimum Gasteiger partial charge on any atom is -0.478 e. The Morgan fingerprint density at radius 2 is 2.14 bits per heavy atom. The number of pyridine rings is 1. The summed E-state index contributed by atoms with van der Waals surface area (Å²) in [5, 5.41) is 1.27. The molecule has 2 aromatic rings. The largest absolute Gasteiger partial charge is 0.478 e. The molecule has 0 unspecified atom stereocenters. The second-order valence-corrected chi connectivity index (χ2v) is 7.11. The van der Waals surface area contributed by atoms with Crippen LogP contribution in [0, 0.1) is 5.92 Å². The van der Waals surface area contributed by atoms with Crippen LogP contribution in [-0.4, -0.2) is 17.3 Å². The van der Waals surface area contributed by atoms with Crippen LogP contribution in [0.25, 0.3) is 10.9 Å². The number of benzene rings is 1. The lowest BCUT2D eigenvalue weighted by molar-refractivity contribution is 0.327. The monoisotopic (exact) mass is 301 g/mol. The number of aromatic nitrogens is 1. The van der Waals surface area contributed by atoms with E-state index in [0.29, 0.717) is 12.5 Å². The standard InChI is InChI=1S/C18H23NOS/c1-4-20-17-10-15(12(2)3)14-6-5-7-16(18(14)19-17)21-11-13-8-9-13/h5-7,10,12-13H,4,8-9,11H2,1-3H3. The van der Waals surface area contributed by atoms with Gasteiger partial charge in [-0.3, -0.25) is 0 Å². The Kier molecular flexibility index (Phi) is 4.39. The van der Waals surface area contributed by atoms with E-state index in [-0.39, 0.29) is 0 Å². The van der Waals surface area contributed by atoms with Gasteiger partial charge in [-0.05, 0) is 43.2 Å². The number of ether oxygens (including phenoxy) is 1. The first-order valence-electron chi connectivity index (χ1n) is 7.88. The van der Waals surface area contributed by atoms with E-state index in [2.05, 4.69) is 38.1 Å². The number of para-hydroxylation sites is 1. The lowest BCUT2D eigenvalue weighted by Gasteiger charge is -2.14. The van der Waals surface area contributed by atoms with E-state index in [1.54, 1.807) is 0 Å². The molecule has 0 aliphatic heterocycles. The summed E-state index contributed by atoms with van der Waals surface area (Å²) in [4.78, 5) is 6.06. The maximum absolute atomic E-state index is 5.68. The summed E-state index contributed by atoms with van der Waals surface area (Å²) in [6.07, 6.45) is 2.79. The highest BCUT2D eigenvalue weighted by atomic mass is 32.2. The first-order valence-corrected chi connectivity index (χ1v) is 8.87. The zero-order chi connectivity index (χ0) is 14.8. The minimum absolute atomic E-state index is 0.471. The summed E-state index contributed by atoms with van der Waals surface area (Å²) < 4.78 is 5.68. The van der Waals surface area contributed by atoms with Gasteiger partial charge in [0.1, 0.15) is 0 Å². The van der Waals surface area contributed by atoms with Gasteiger partial charge in [0.05, 0.1) is 12.1 Å². The molecule has 1 aliphatic rings. The maximum Gasteiger partial charge on any atom is 0.214 e. The van der Waals surface area contributed by atoms with Crippen LogP contribution in [0.3, 0.4) is 0 Å². The van der Waals surface area contributed by atoms with Gasteiger partial charge in [-0.1, -0.05) is 26.0 Å². The first-order chi connectivity index (χ1) is 10.2. The molecule has 0 spiro atoms.